The first-order chi connectivity index (χ1) is 10.2. The third-order valence-electron chi connectivity index (χ3n) is 2.57. The van der Waals surface area contributed by atoms with Crippen LogP contribution in [0.15, 0.2) is 60.7 Å². The van der Waals surface area contributed by atoms with Crippen LogP contribution in [0.4, 0.5) is 0 Å². The van der Waals surface area contributed by atoms with E-state index >= 15 is 0 Å². The number of carbonyl (C=O) groups excluding carboxylic acids is 2. The summed E-state index contributed by atoms with van der Waals surface area (Å²) in [6, 6.07) is 17.2. The number of ether oxygens (including phenoxy) is 1. The van der Waals surface area contributed by atoms with Gasteiger partial charge in [-0.1, -0.05) is 60.7 Å². The number of hydrogen-bond donors (Lipinski definition) is 1. The second-order valence-corrected chi connectivity index (χ2v) is 4.11. The van der Waals surface area contributed by atoms with Gasteiger partial charge in [0, 0.05) is 18.2 Å². The number of hydrogen-bond acceptors (Lipinski definition) is 4. The molecule has 4 nitrogen and oxygen atoms in total. The zero-order chi connectivity index (χ0) is 15.5. The van der Waals surface area contributed by atoms with E-state index in [0.717, 1.165) is 0 Å². The lowest BCUT2D eigenvalue weighted by Crippen LogP contribution is -2.14. The number of rotatable bonds is 5. The Bertz CT molecular complexity index is 498. The Kier molecular flexibility index (Phi) is 7.64. The Morgan fingerprint density at radius 2 is 1.24 bits per heavy atom. The number of ketones is 2. The Labute approximate surface area is 124 Å². The van der Waals surface area contributed by atoms with Gasteiger partial charge in [-0.25, -0.2) is 0 Å². The largest absolute Gasteiger partial charge is 0.394 e. The van der Waals surface area contributed by atoms with E-state index in [0.29, 0.717) is 17.7 Å². The molecule has 0 bridgehead atoms. The summed E-state index contributed by atoms with van der Waals surface area (Å²) in [7, 11) is 1.55. The van der Waals surface area contributed by atoms with Crippen LogP contribution in [-0.2, 0) is 4.74 Å². The lowest BCUT2D eigenvalue weighted by atomic mass is 10.0. The molecule has 0 aromatic heterocycles. The van der Waals surface area contributed by atoms with Gasteiger partial charge in [-0.15, -0.1) is 0 Å². The fourth-order valence-electron chi connectivity index (χ4n) is 1.53. The van der Waals surface area contributed by atoms with Crippen molar-refractivity contribution in [2.24, 2.45) is 0 Å². The van der Waals surface area contributed by atoms with Crippen LogP contribution in [0.25, 0.3) is 0 Å². The molecule has 0 radical (unpaired) electrons. The third-order valence-corrected chi connectivity index (χ3v) is 2.57. The summed E-state index contributed by atoms with van der Waals surface area (Å²) in [4.78, 5) is 23.6. The minimum absolute atomic E-state index is 0.122. The van der Waals surface area contributed by atoms with Crippen molar-refractivity contribution in [3.63, 3.8) is 0 Å². The molecule has 0 amide bonds. The van der Waals surface area contributed by atoms with Crippen LogP contribution in [0.3, 0.4) is 0 Å². The molecule has 0 unspecified atom stereocenters. The molecule has 21 heavy (non-hydrogen) atoms. The van der Waals surface area contributed by atoms with Crippen molar-refractivity contribution >= 4 is 11.6 Å². The minimum Gasteiger partial charge on any atom is -0.394 e. The van der Waals surface area contributed by atoms with Gasteiger partial charge in [0.2, 0.25) is 11.6 Å². The van der Waals surface area contributed by atoms with Gasteiger partial charge in [0.15, 0.2) is 0 Å². The average molecular weight is 286 g/mol. The van der Waals surface area contributed by atoms with Gasteiger partial charge in [-0.2, -0.15) is 0 Å². The van der Waals surface area contributed by atoms with E-state index in [9.17, 15) is 9.59 Å². The van der Waals surface area contributed by atoms with Gasteiger partial charge in [-0.05, 0) is 0 Å². The fraction of sp³-hybridized carbons (Fsp3) is 0.176. The second kappa shape index (κ2) is 9.58. The Morgan fingerprint density at radius 1 is 0.857 bits per heavy atom. The molecule has 0 heterocycles. The number of benzene rings is 2. The lowest BCUT2D eigenvalue weighted by molar-refractivity contribution is 0.0817. The van der Waals surface area contributed by atoms with Crippen molar-refractivity contribution < 1.29 is 19.4 Å². The van der Waals surface area contributed by atoms with Gasteiger partial charge in [0.25, 0.3) is 0 Å². The van der Waals surface area contributed by atoms with Crippen LogP contribution < -0.4 is 0 Å². The Balaban J connectivity index is 0.000000383. The molecule has 0 fully saturated rings. The van der Waals surface area contributed by atoms with E-state index in [1.807, 2.05) is 12.1 Å². The molecule has 110 valence electrons. The van der Waals surface area contributed by atoms with Gasteiger partial charge >= 0.3 is 0 Å². The minimum atomic E-state index is -0.466. The summed E-state index contributed by atoms with van der Waals surface area (Å²) < 4.78 is 4.44. The highest BCUT2D eigenvalue weighted by atomic mass is 16.5. The van der Waals surface area contributed by atoms with Crippen LogP contribution in [0.5, 0.6) is 0 Å². The molecule has 0 saturated carbocycles. The lowest BCUT2D eigenvalue weighted by Gasteiger charge is -1.99. The van der Waals surface area contributed by atoms with E-state index in [-0.39, 0.29) is 6.61 Å². The predicted octanol–water partition coefficient (Wildman–Crippen LogP) is 2.38. The molecule has 0 atom stereocenters. The van der Waals surface area contributed by atoms with E-state index in [2.05, 4.69) is 4.74 Å². The van der Waals surface area contributed by atoms with E-state index < -0.39 is 11.6 Å². The highest BCUT2D eigenvalue weighted by molar-refractivity contribution is 6.49. The first-order valence-corrected chi connectivity index (χ1v) is 6.49. The molecule has 2 rings (SSSR count). The van der Waals surface area contributed by atoms with Crippen molar-refractivity contribution in [1.29, 1.82) is 0 Å². The van der Waals surface area contributed by atoms with E-state index in [1.165, 1.54) is 0 Å². The average Bonchev–Trinajstić information content (AvgIpc) is 2.56. The number of aliphatic hydroxyl groups excluding tert-OH is 1. The van der Waals surface area contributed by atoms with Crippen molar-refractivity contribution in [3.8, 4) is 0 Å². The maximum absolute atomic E-state index is 11.8. The SMILES string of the molecule is COCCO.O=C(C(=O)c1ccccc1)c1ccccc1. The molecular weight excluding hydrogens is 268 g/mol. The van der Waals surface area contributed by atoms with Crippen molar-refractivity contribution in [2.75, 3.05) is 20.3 Å². The summed E-state index contributed by atoms with van der Waals surface area (Å²) in [5, 5.41) is 7.94. The molecule has 0 saturated heterocycles. The summed E-state index contributed by atoms with van der Waals surface area (Å²) in [5.41, 5.74) is 0.854. The molecule has 4 heteroatoms. The Hall–Kier alpha value is -2.30. The highest BCUT2D eigenvalue weighted by Gasteiger charge is 2.16. The Morgan fingerprint density at radius 3 is 1.48 bits per heavy atom. The monoisotopic (exact) mass is 286 g/mol. The third kappa shape index (κ3) is 5.69. The zero-order valence-corrected chi connectivity index (χ0v) is 11.9. The molecule has 0 aliphatic heterocycles. The van der Waals surface area contributed by atoms with Crippen molar-refractivity contribution in [2.45, 2.75) is 0 Å². The summed E-state index contributed by atoms with van der Waals surface area (Å²) in [5.74, 6) is -0.932. The standard InChI is InChI=1S/C14H10O2.C3H8O2/c15-13(11-7-3-1-4-8-11)14(16)12-9-5-2-6-10-12;1-5-3-2-4/h1-10H;4H,2-3H2,1H3. The van der Waals surface area contributed by atoms with Crippen LogP contribution in [0.1, 0.15) is 20.7 Å². The number of Topliss-reactive ketones (excluding diaryl/α,β-unsaturated/α-hetero) is 2. The first-order valence-electron chi connectivity index (χ1n) is 6.49. The maximum atomic E-state index is 11.8. The number of aliphatic hydroxyl groups is 1. The van der Waals surface area contributed by atoms with Gasteiger partial charge < -0.3 is 9.84 Å². The topological polar surface area (TPSA) is 63.6 Å². The summed E-state index contributed by atoms with van der Waals surface area (Å²) in [6.45, 7) is 0.566. The van der Waals surface area contributed by atoms with Crippen LogP contribution in [0, 0.1) is 0 Å². The van der Waals surface area contributed by atoms with Crippen LogP contribution >= 0.6 is 0 Å². The number of carbonyl (C=O) groups is 2. The zero-order valence-electron chi connectivity index (χ0n) is 11.9. The van der Waals surface area contributed by atoms with Crippen molar-refractivity contribution in [1.82, 2.24) is 0 Å². The summed E-state index contributed by atoms with van der Waals surface area (Å²) >= 11 is 0. The van der Waals surface area contributed by atoms with Gasteiger partial charge in [0.05, 0.1) is 13.2 Å². The van der Waals surface area contributed by atoms with Crippen LogP contribution in [-0.4, -0.2) is 37.0 Å². The number of methoxy groups -OCH3 is 1. The highest BCUT2D eigenvalue weighted by Crippen LogP contribution is 2.07. The van der Waals surface area contributed by atoms with Crippen LogP contribution in [0.2, 0.25) is 0 Å². The van der Waals surface area contributed by atoms with Gasteiger partial charge in [-0.3, -0.25) is 9.59 Å². The molecule has 0 aliphatic rings. The van der Waals surface area contributed by atoms with Crippen molar-refractivity contribution in [3.05, 3.63) is 71.8 Å². The maximum Gasteiger partial charge on any atom is 0.233 e. The first kappa shape index (κ1) is 16.8. The fourth-order valence-corrected chi connectivity index (χ4v) is 1.53. The van der Waals surface area contributed by atoms with E-state index in [4.69, 9.17) is 5.11 Å². The quantitative estimate of drug-likeness (QED) is 0.677. The van der Waals surface area contributed by atoms with Gasteiger partial charge in [0.1, 0.15) is 0 Å². The second-order valence-electron chi connectivity index (χ2n) is 4.11. The summed E-state index contributed by atoms with van der Waals surface area (Å²) in [6.07, 6.45) is 0. The molecular formula is C17H18O4. The van der Waals surface area contributed by atoms with E-state index in [1.54, 1.807) is 55.6 Å². The molecule has 2 aromatic carbocycles. The predicted molar refractivity (Wildman–Crippen MR) is 80.5 cm³/mol. The molecule has 0 spiro atoms. The molecule has 0 aliphatic carbocycles. The normalized spacial score (nSPS) is 9.43. The molecule has 2 aromatic rings. The smallest absolute Gasteiger partial charge is 0.233 e. The molecule has 1 N–H and O–H groups in total.